The molecule has 0 aliphatic heterocycles. The van der Waals surface area contributed by atoms with Crippen molar-refractivity contribution in [1.82, 2.24) is 0 Å². The topological polar surface area (TPSA) is 29.5 Å². The second-order valence-corrected chi connectivity index (χ2v) is 3.84. The fourth-order valence-corrected chi connectivity index (χ4v) is 1.54. The van der Waals surface area contributed by atoms with Gasteiger partial charge in [-0.2, -0.15) is 0 Å². The van der Waals surface area contributed by atoms with E-state index in [0.717, 1.165) is 5.56 Å². The number of rotatable bonds is 7. The predicted molar refractivity (Wildman–Crippen MR) is 66.1 cm³/mol. The first-order valence-electron chi connectivity index (χ1n) is 5.72. The van der Waals surface area contributed by atoms with Crippen LogP contribution in [0.15, 0.2) is 43.0 Å². The Balaban J connectivity index is 2.46. The normalized spacial score (nSPS) is 14.4. The lowest BCUT2D eigenvalue weighted by Crippen LogP contribution is -2.27. The third kappa shape index (κ3) is 4.17. The predicted octanol–water partition coefficient (Wildman–Crippen LogP) is 2.92. The van der Waals surface area contributed by atoms with Gasteiger partial charge in [-0.1, -0.05) is 43.3 Å². The summed E-state index contributed by atoms with van der Waals surface area (Å²) in [7, 11) is 0. The Labute approximate surface area is 97.6 Å². The van der Waals surface area contributed by atoms with Gasteiger partial charge in [-0.3, -0.25) is 0 Å². The lowest BCUT2D eigenvalue weighted by atomic mass is 10.1. The zero-order valence-corrected chi connectivity index (χ0v) is 9.80. The Hall–Kier alpha value is -1.12. The summed E-state index contributed by atoms with van der Waals surface area (Å²) in [5.74, 6) is 0. The third-order valence-electron chi connectivity index (χ3n) is 2.55. The molecular weight excluding hydrogens is 200 g/mol. The van der Waals surface area contributed by atoms with Gasteiger partial charge in [-0.25, -0.2) is 0 Å². The van der Waals surface area contributed by atoms with Crippen LogP contribution in [0.5, 0.6) is 0 Å². The van der Waals surface area contributed by atoms with E-state index in [0.29, 0.717) is 19.4 Å². The van der Waals surface area contributed by atoms with Gasteiger partial charge >= 0.3 is 0 Å². The molecule has 0 saturated heterocycles. The van der Waals surface area contributed by atoms with E-state index in [9.17, 15) is 5.11 Å². The molecule has 1 aromatic carbocycles. The molecular formula is C14H20O2. The first kappa shape index (κ1) is 12.9. The molecule has 0 unspecified atom stereocenters. The van der Waals surface area contributed by atoms with E-state index in [4.69, 9.17) is 4.74 Å². The average molecular weight is 220 g/mol. The van der Waals surface area contributed by atoms with Gasteiger partial charge in [0.2, 0.25) is 0 Å². The van der Waals surface area contributed by atoms with Crippen LogP contribution in [-0.2, 0) is 11.3 Å². The largest absolute Gasteiger partial charge is 0.390 e. The van der Waals surface area contributed by atoms with Crippen LogP contribution in [0.4, 0.5) is 0 Å². The second-order valence-electron chi connectivity index (χ2n) is 3.84. The van der Waals surface area contributed by atoms with Gasteiger partial charge in [0.1, 0.15) is 0 Å². The molecule has 0 aliphatic rings. The van der Waals surface area contributed by atoms with Gasteiger partial charge in [0.05, 0.1) is 18.8 Å². The van der Waals surface area contributed by atoms with E-state index < -0.39 is 6.10 Å². The van der Waals surface area contributed by atoms with E-state index >= 15 is 0 Å². The summed E-state index contributed by atoms with van der Waals surface area (Å²) in [5.41, 5.74) is 1.12. The van der Waals surface area contributed by atoms with Crippen molar-refractivity contribution in [2.24, 2.45) is 0 Å². The van der Waals surface area contributed by atoms with Crippen molar-refractivity contribution in [3.63, 3.8) is 0 Å². The van der Waals surface area contributed by atoms with Gasteiger partial charge in [0, 0.05) is 0 Å². The van der Waals surface area contributed by atoms with Crippen molar-refractivity contribution >= 4 is 0 Å². The molecule has 2 nitrogen and oxygen atoms in total. The van der Waals surface area contributed by atoms with Crippen molar-refractivity contribution in [3.8, 4) is 0 Å². The fraction of sp³-hybridized carbons (Fsp3) is 0.429. The van der Waals surface area contributed by atoms with Gasteiger partial charge in [-0.05, 0) is 18.4 Å². The summed E-state index contributed by atoms with van der Waals surface area (Å²) in [6.07, 6.45) is 2.60. The smallest absolute Gasteiger partial charge is 0.0872 e. The highest BCUT2D eigenvalue weighted by Gasteiger charge is 2.16. The highest BCUT2D eigenvalue weighted by atomic mass is 16.5. The zero-order valence-electron chi connectivity index (χ0n) is 9.80. The fourth-order valence-electron chi connectivity index (χ4n) is 1.54. The first-order chi connectivity index (χ1) is 7.77. The van der Waals surface area contributed by atoms with Gasteiger partial charge in [0.25, 0.3) is 0 Å². The van der Waals surface area contributed by atoms with Crippen molar-refractivity contribution in [3.05, 3.63) is 48.6 Å². The summed E-state index contributed by atoms with van der Waals surface area (Å²) in [6, 6.07) is 9.98. The van der Waals surface area contributed by atoms with Gasteiger partial charge in [0.15, 0.2) is 0 Å². The number of aliphatic hydroxyl groups is 1. The Morgan fingerprint density at radius 1 is 1.38 bits per heavy atom. The number of hydrogen-bond donors (Lipinski definition) is 1. The van der Waals surface area contributed by atoms with E-state index in [1.165, 1.54) is 0 Å². The molecule has 1 rings (SSSR count). The molecule has 1 N–H and O–H groups in total. The number of ether oxygens (including phenoxy) is 1. The maximum atomic E-state index is 9.75. The Kier molecular flexibility index (Phi) is 5.83. The maximum absolute atomic E-state index is 9.75. The molecule has 2 heteroatoms. The second kappa shape index (κ2) is 7.20. The van der Waals surface area contributed by atoms with Crippen LogP contribution < -0.4 is 0 Å². The molecule has 16 heavy (non-hydrogen) atoms. The maximum Gasteiger partial charge on any atom is 0.0872 e. The van der Waals surface area contributed by atoms with E-state index in [-0.39, 0.29) is 6.10 Å². The lowest BCUT2D eigenvalue weighted by molar-refractivity contribution is -0.0447. The van der Waals surface area contributed by atoms with Gasteiger partial charge in [-0.15, -0.1) is 6.58 Å². The number of hydrogen-bond acceptors (Lipinski definition) is 2. The molecule has 1 aromatic rings. The number of benzene rings is 1. The minimum absolute atomic E-state index is 0.150. The quantitative estimate of drug-likeness (QED) is 0.716. The van der Waals surface area contributed by atoms with Crippen molar-refractivity contribution in [2.75, 3.05) is 0 Å². The number of aliphatic hydroxyl groups excluding tert-OH is 1. The molecule has 0 fully saturated rings. The SMILES string of the molecule is C=CC[C@@H](OCc1ccccc1)[C@@H](O)CC. The van der Waals surface area contributed by atoms with Crippen molar-refractivity contribution in [1.29, 1.82) is 0 Å². The molecule has 88 valence electrons. The molecule has 0 amide bonds. The summed E-state index contributed by atoms with van der Waals surface area (Å²) in [5, 5.41) is 9.75. The van der Waals surface area contributed by atoms with Crippen molar-refractivity contribution < 1.29 is 9.84 Å². The molecule has 2 atom stereocenters. The first-order valence-corrected chi connectivity index (χ1v) is 5.72. The Morgan fingerprint density at radius 2 is 2.06 bits per heavy atom. The van der Waals surface area contributed by atoms with Crippen LogP contribution >= 0.6 is 0 Å². The van der Waals surface area contributed by atoms with Crippen LogP contribution in [0.3, 0.4) is 0 Å². The molecule has 0 saturated carbocycles. The van der Waals surface area contributed by atoms with Crippen LogP contribution in [0, 0.1) is 0 Å². The van der Waals surface area contributed by atoms with E-state index in [2.05, 4.69) is 6.58 Å². The van der Waals surface area contributed by atoms with Crippen molar-refractivity contribution in [2.45, 2.75) is 38.6 Å². The Bertz CT molecular complexity index is 295. The molecule has 0 bridgehead atoms. The summed E-state index contributed by atoms with van der Waals surface area (Å²) < 4.78 is 5.70. The molecule has 0 aliphatic carbocycles. The molecule has 0 aromatic heterocycles. The average Bonchev–Trinajstić information content (AvgIpc) is 2.34. The standard InChI is InChI=1S/C14H20O2/c1-3-8-14(13(15)4-2)16-11-12-9-6-5-7-10-12/h3,5-7,9-10,13-15H,1,4,8,11H2,2H3/t13-,14+/m0/s1. The highest BCUT2D eigenvalue weighted by Crippen LogP contribution is 2.12. The monoisotopic (exact) mass is 220 g/mol. The lowest BCUT2D eigenvalue weighted by Gasteiger charge is -2.21. The molecule has 0 spiro atoms. The minimum atomic E-state index is -0.415. The van der Waals surface area contributed by atoms with Gasteiger partial charge < -0.3 is 9.84 Å². The summed E-state index contributed by atoms with van der Waals surface area (Å²) >= 11 is 0. The van der Waals surface area contributed by atoms with Crippen LogP contribution in [0.1, 0.15) is 25.3 Å². The molecule has 0 heterocycles. The molecule has 0 radical (unpaired) electrons. The Morgan fingerprint density at radius 3 is 2.62 bits per heavy atom. The highest BCUT2D eigenvalue weighted by molar-refractivity contribution is 5.13. The minimum Gasteiger partial charge on any atom is -0.390 e. The summed E-state index contributed by atoms with van der Waals surface area (Å²) in [6.45, 7) is 6.17. The van der Waals surface area contributed by atoms with E-state index in [1.807, 2.05) is 37.3 Å². The van der Waals surface area contributed by atoms with Crippen LogP contribution in [0.25, 0.3) is 0 Å². The zero-order chi connectivity index (χ0) is 11.8. The van der Waals surface area contributed by atoms with Crippen LogP contribution in [0.2, 0.25) is 0 Å². The third-order valence-corrected chi connectivity index (χ3v) is 2.55. The summed E-state index contributed by atoms with van der Waals surface area (Å²) in [4.78, 5) is 0. The van der Waals surface area contributed by atoms with E-state index in [1.54, 1.807) is 6.08 Å². The van der Waals surface area contributed by atoms with Crippen LogP contribution in [-0.4, -0.2) is 17.3 Å².